The summed E-state index contributed by atoms with van der Waals surface area (Å²) in [5.74, 6) is 0.269. The van der Waals surface area contributed by atoms with Gasteiger partial charge in [0.05, 0.1) is 11.0 Å². The lowest BCUT2D eigenvalue weighted by Crippen LogP contribution is -1.99. The normalized spacial score (nSPS) is 14.6. The van der Waals surface area contributed by atoms with Crippen LogP contribution in [0.3, 0.4) is 0 Å². The molecule has 0 N–H and O–H groups in total. The van der Waals surface area contributed by atoms with E-state index in [1.54, 1.807) is 0 Å². The van der Waals surface area contributed by atoms with Crippen LogP contribution in [0.15, 0.2) is 121 Å². The highest BCUT2D eigenvalue weighted by Crippen LogP contribution is 2.50. The van der Waals surface area contributed by atoms with Crippen molar-refractivity contribution in [3.8, 4) is 16.8 Å². The van der Waals surface area contributed by atoms with Crippen LogP contribution in [0.1, 0.15) is 22.6 Å². The van der Waals surface area contributed by atoms with E-state index < -0.39 is 0 Å². The number of hydrogen-bond acceptors (Lipinski definition) is 0. The highest BCUT2D eigenvalue weighted by atomic mass is 15.0. The lowest BCUT2D eigenvalue weighted by Gasteiger charge is -2.14. The maximum absolute atomic E-state index is 2.45. The topological polar surface area (TPSA) is 4.93 Å². The molecule has 5 aromatic carbocycles. The van der Waals surface area contributed by atoms with Gasteiger partial charge in [0.2, 0.25) is 0 Å². The van der Waals surface area contributed by atoms with Crippen LogP contribution in [0.25, 0.3) is 38.6 Å². The van der Waals surface area contributed by atoms with Crippen molar-refractivity contribution in [2.45, 2.75) is 5.92 Å². The third-order valence-electron chi connectivity index (χ3n) is 6.86. The first-order valence-electron chi connectivity index (χ1n) is 11.2. The van der Waals surface area contributed by atoms with E-state index in [2.05, 4.69) is 126 Å². The van der Waals surface area contributed by atoms with Crippen LogP contribution in [0.5, 0.6) is 0 Å². The van der Waals surface area contributed by atoms with Crippen LogP contribution in [0, 0.1) is 0 Å². The smallest absolute Gasteiger partial charge is 0.0547 e. The summed E-state index contributed by atoms with van der Waals surface area (Å²) in [5.41, 5.74) is 10.6. The van der Waals surface area contributed by atoms with Gasteiger partial charge in [-0.15, -0.1) is 0 Å². The lowest BCUT2D eigenvalue weighted by atomic mass is 9.89. The molecule has 7 rings (SSSR count). The molecule has 1 unspecified atom stereocenters. The first-order chi connectivity index (χ1) is 15.9. The van der Waals surface area contributed by atoms with Crippen molar-refractivity contribution in [1.29, 1.82) is 0 Å². The van der Waals surface area contributed by atoms with Gasteiger partial charge in [0.15, 0.2) is 0 Å². The number of hydrogen-bond donors (Lipinski definition) is 0. The SMILES string of the molecule is c1ccc(C2c3ccccc3-c3cc4c(cc32)c2ccccc2n4-c2ccccc2)cc1. The van der Waals surface area contributed by atoms with E-state index in [9.17, 15) is 0 Å². The summed E-state index contributed by atoms with van der Waals surface area (Å²) >= 11 is 0. The minimum Gasteiger partial charge on any atom is -0.309 e. The second-order valence-electron chi connectivity index (χ2n) is 8.58. The van der Waals surface area contributed by atoms with Gasteiger partial charge in [-0.2, -0.15) is 0 Å². The Morgan fingerprint density at radius 3 is 2.00 bits per heavy atom. The molecule has 0 spiro atoms. The summed E-state index contributed by atoms with van der Waals surface area (Å²) < 4.78 is 2.41. The minimum atomic E-state index is 0.269. The van der Waals surface area contributed by atoms with Gasteiger partial charge in [-0.3, -0.25) is 0 Å². The predicted molar refractivity (Wildman–Crippen MR) is 134 cm³/mol. The van der Waals surface area contributed by atoms with Crippen molar-refractivity contribution >= 4 is 21.8 Å². The number of nitrogens with zero attached hydrogens (tertiary/aromatic N) is 1. The second-order valence-corrected chi connectivity index (χ2v) is 8.58. The summed E-state index contributed by atoms with van der Waals surface area (Å²) in [6.07, 6.45) is 0. The molecule has 1 aliphatic rings. The van der Waals surface area contributed by atoms with Crippen molar-refractivity contribution < 1.29 is 0 Å². The number of fused-ring (bicyclic) bond motifs is 6. The van der Waals surface area contributed by atoms with Crippen molar-refractivity contribution in [2.75, 3.05) is 0 Å². The number of rotatable bonds is 2. The van der Waals surface area contributed by atoms with Crippen LogP contribution in [-0.4, -0.2) is 4.57 Å². The first-order valence-corrected chi connectivity index (χ1v) is 11.2. The zero-order chi connectivity index (χ0) is 21.1. The largest absolute Gasteiger partial charge is 0.309 e. The molecule has 0 saturated carbocycles. The molecule has 0 saturated heterocycles. The highest BCUT2D eigenvalue weighted by molar-refractivity contribution is 6.11. The van der Waals surface area contributed by atoms with Crippen LogP contribution in [-0.2, 0) is 0 Å². The monoisotopic (exact) mass is 407 g/mol. The van der Waals surface area contributed by atoms with Gasteiger partial charge >= 0.3 is 0 Å². The quantitative estimate of drug-likeness (QED) is 0.274. The van der Waals surface area contributed by atoms with Crippen LogP contribution >= 0.6 is 0 Å². The van der Waals surface area contributed by atoms with Crippen molar-refractivity contribution in [1.82, 2.24) is 4.57 Å². The Balaban J connectivity index is 1.61. The van der Waals surface area contributed by atoms with Crippen molar-refractivity contribution in [3.63, 3.8) is 0 Å². The Morgan fingerprint density at radius 1 is 0.469 bits per heavy atom. The highest BCUT2D eigenvalue weighted by Gasteiger charge is 2.31. The molecule has 1 heterocycles. The van der Waals surface area contributed by atoms with Gasteiger partial charge in [-0.05, 0) is 58.1 Å². The molecule has 150 valence electrons. The Morgan fingerprint density at radius 2 is 1.16 bits per heavy atom. The van der Waals surface area contributed by atoms with E-state index in [0.29, 0.717) is 0 Å². The average Bonchev–Trinajstić information content (AvgIpc) is 3.36. The molecule has 1 nitrogen and oxygen atoms in total. The summed E-state index contributed by atoms with van der Waals surface area (Å²) in [4.78, 5) is 0. The average molecular weight is 408 g/mol. The molecule has 1 heteroatoms. The Bertz CT molecular complexity index is 1610. The molecule has 32 heavy (non-hydrogen) atoms. The van der Waals surface area contributed by atoms with Crippen molar-refractivity contribution in [3.05, 3.63) is 138 Å². The summed E-state index contributed by atoms with van der Waals surface area (Å²) in [5, 5.41) is 2.62. The molecule has 0 radical (unpaired) electrons. The molecule has 6 aromatic rings. The van der Waals surface area contributed by atoms with E-state index in [1.807, 2.05) is 0 Å². The molecule has 1 aromatic heterocycles. The maximum Gasteiger partial charge on any atom is 0.0547 e. The molecule has 0 bridgehead atoms. The fourth-order valence-corrected chi connectivity index (χ4v) is 5.53. The predicted octanol–water partition coefficient (Wildman–Crippen LogP) is 7.94. The Kier molecular flexibility index (Phi) is 3.68. The van der Waals surface area contributed by atoms with E-state index in [1.165, 1.54) is 55.3 Å². The Hall–Kier alpha value is -4.10. The zero-order valence-electron chi connectivity index (χ0n) is 17.6. The second kappa shape index (κ2) is 6.70. The van der Waals surface area contributed by atoms with Gasteiger partial charge in [0.1, 0.15) is 0 Å². The molecular formula is C31H21N. The summed E-state index contributed by atoms with van der Waals surface area (Å²) in [6.45, 7) is 0. The van der Waals surface area contributed by atoms with Gasteiger partial charge in [-0.25, -0.2) is 0 Å². The third kappa shape index (κ3) is 2.39. The molecule has 0 fully saturated rings. The van der Waals surface area contributed by atoms with Crippen LogP contribution in [0.4, 0.5) is 0 Å². The van der Waals surface area contributed by atoms with Crippen LogP contribution in [0.2, 0.25) is 0 Å². The number of para-hydroxylation sites is 2. The van der Waals surface area contributed by atoms with Gasteiger partial charge in [-0.1, -0.05) is 91.0 Å². The van der Waals surface area contributed by atoms with E-state index >= 15 is 0 Å². The summed E-state index contributed by atoms with van der Waals surface area (Å²) in [6, 6.07) is 44.1. The third-order valence-corrected chi connectivity index (χ3v) is 6.86. The molecule has 0 amide bonds. The first kappa shape index (κ1) is 17.6. The van der Waals surface area contributed by atoms with Gasteiger partial charge in [0.25, 0.3) is 0 Å². The molecule has 1 atom stereocenters. The van der Waals surface area contributed by atoms with Gasteiger partial charge < -0.3 is 4.57 Å². The Labute approximate surface area is 187 Å². The molecule has 1 aliphatic carbocycles. The number of benzene rings is 5. The van der Waals surface area contributed by atoms with Crippen molar-refractivity contribution in [2.24, 2.45) is 0 Å². The fraction of sp³-hybridized carbons (Fsp3) is 0.0323. The number of aromatic nitrogens is 1. The van der Waals surface area contributed by atoms with E-state index in [0.717, 1.165) is 0 Å². The molecular weight excluding hydrogens is 386 g/mol. The lowest BCUT2D eigenvalue weighted by molar-refractivity contribution is 1.02. The van der Waals surface area contributed by atoms with E-state index in [4.69, 9.17) is 0 Å². The van der Waals surface area contributed by atoms with E-state index in [-0.39, 0.29) is 5.92 Å². The fourth-order valence-electron chi connectivity index (χ4n) is 5.53. The summed E-state index contributed by atoms with van der Waals surface area (Å²) in [7, 11) is 0. The van der Waals surface area contributed by atoms with Crippen LogP contribution < -0.4 is 0 Å². The molecule has 0 aliphatic heterocycles. The maximum atomic E-state index is 2.45. The zero-order valence-corrected chi connectivity index (χ0v) is 17.6. The van der Waals surface area contributed by atoms with Gasteiger partial charge in [0, 0.05) is 22.4 Å². The standard InChI is InChI=1S/C31H21N/c1-3-11-21(12-4-1)31-25-17-8-7-15-23(25)26-20-30-27(19-28(26)31)24-16-9-10-18-29(24)32(30)22-13-5-2-6-14-22/h1-20,31H. The minimum absolute atomic E-state index is 0.269.